The van der Waals surface area contributed by atoms with Gasteiger partial charge in [-0.05, 0) is 40.8 Å². The molecule has 0 aliphatic carbocycles. The zero-order chi connectivity index (χ0) is 20.4. The summed E-state index contributed by atoms with van der Waals surface area (Å²) in [6, 6.07) is 16.9. The molecular weight excluding hydrogens is 388 g/mol. The molecule has 4 rings (SSSR count). The standard InChI is InChI=1S/C22H22N2O4S/c1-22(17-9-8-15-5-2-3-6-16(15)11-17)20(26)24(21(27)23-22)12-18(25)13-28-14-19-7-4-10-29-19/h2-11,18,25H,12-14H2,1H3,(H,23,27)/t18-,22+/m0/s1. The van der Waals surface area contributed by atoms with Crippen LogP contribution < -0.4 is 5.32 Å². The van der Waals surface area contributed by atoms with Gasteiger partial charge in [0.1, 0.15) is 5.54 Å². The zero-order valence-electron chi connectivity index (χ0n) is 16.0. The first kappa shape index (κ1) is 19.6. The highest BCUT2D eigenvalue weighted by molar-refractivity contribution is 7.09. The van der Waals surface area contributed by atoms with Gasteiger partial charge in [0.2, 0.25) is 0 Å². The lowest BCUT2D eigenvalue weighted by Gasteiger charge is -2.23. The van der Waals surface area contributed by atoms with Gasteiger partial charge in [-0.2, -0.15) is 0 Å². The fourth-order valence-electron chi connectivity index (χ4n) is 3.51. The maximum Gasteiger partial charge on any atom is 0.325 e. The molecule has 1 fully saturated rings. The molecule has 1 saturated heterocycles. The summed E-state index contributed by atoms with van der Waals surface area (Å²) >= 11 is 1.57. The van der Waals surface area contributed by atoms with E-state index in [0.29, 0.717) is 12.2 Å². The number of imide groups is 1. The van der Waals surface area contributed by atoms with E-state index in [9.17, 15) is 14.7 Å². The molecule has 3 aromatic rings. The van der Waals surface area contributed by atoms with Crippen LogP contribution in [0.5, 0.6) is 0 Å². The first-order valence-corrected chi connectivity index (χ1v) is 10.3. The lowest BCUT2D eigenvalue weighted by atomic mass is 9.90. The summed E-state index contributed by atoms with van der Waals surface area (Å²) in [5.74, 6) is -0.380. The number of amides is 3. The minimum atomic E-state index is -1.17. The van der Waals surface area contributed by atoms with E-state index in [1.807, 2.05) is 60.0 Å². The predicted molar refractivity (Wildman–Crippen MR) is 112 cm³/mol. The largest absolute Gasteiger partial charge is 0.389 e. The lowest BCUT2D eigenvalue weighted by molar-refractivity contribution is -0.132. The van der Waals surface area contributed by atoms with Crippen LogP contribution >= 0.6 is 11.3 Å². The van der Waals surface area contributed by atoms with Crippen molar-refractivity contribution in [2.24, 2.45) is 0 Å². The molecule has 2 atom stereocenters. The maximum atomic E-state index is 13.1. The number of β-amino-alcohol motifs (C(OH)–C–C–N with tert-alkyl or cyclic N) is 1. The summed E-state index contributed by atoms with van der Waals surface area (Å²) in [7, 11) is 0. The number of urea groups is 1. The highest BCUT2D eigenvalue weighted by Crippen LogP contribution is 2.31. The first-order valence-electron chi connectivity index (χ1n) is 9.39. The van der Waals surface area contributed by atoms with Crippen molar-refractivity contribution in [2.45, 2.75) is 25.2 Å². The minimum Gasteiger partial charge on any atom is -0.389 e. The molecule has 3 amide bonds. The van der Waals surface area contributed by atoms with Gasteiger partial charge in [0.15, 0.2) is 0 Å². The van der Waals surface area contributed by atoms with Gasteiger partial charge in [-0.1, -0.05) is 42.5 Å². The quantitative estimate of drug-likeness (QED) is 0.586. The van der Waals surface area contributed by atoms with Crippen LogP contribution in [0.1, 0.15) is 17.4 Å². The van der Waals surface area contributed by atoms with Crippen LogP contribution in [0.3, 0.4) is 0 Å². The number of fused-ring (bicyclic) bond motifs is 1. The van der Waals surface area contributed by atoms with E-state index < -0.39 is 17.7 Å². The molecule has 7 heteroatoms. The molecule has 0 bridgehead atoms. The van der Waals surface area contributed by atoms with Crippen molar-refractivity contribution < 1.29 is 19.4 Å². The van der Waals surface area contributed by atoms with Gasteiger partial charge in [-0.15, -0.1) is 11.3 Å². The fraction of sp³-hybridized carbons (Fsp3) is 0.273. The number of aliphatic hydroxyl groups is 1. The summed E-state index contributed by atoms with van der Waals surface area (Å²) in [4.78, 5) is 27.7. The van der Waals surface area contributed by atoms with E-state index in [2.05, 4.69) is 5.32 Å². The Morgan fingerprint density at radius 3 is 2.69 bits per heavy atom. The van der Waals surface area contributed by atoms with Crippen LogP contribution in [0.2, 0.25) is 0 Å². The van der Waals surface area contributed by atoms with Crippen molar-refractivity contribution in [2.75, 3.05) is 13.2 Å². The normalized spacial score (nSPS) is 20.3. The van der Waals surface area contributed by atoms with Gasteiger partial charge in [-0.25, -0.2) is 4.79 Å². The highest BCUT2D eigenvalue weighted by atomic mass is 32.1. The Morgan fingerprint density at radius 1 is 1.14 bits per heavy atom. The SMILES string of the molecule is C[C@]1(c2ccc3ccccc3c2)NC(=O)N(C[C@H](O)COCc2cccs2)C1=O. The number of aliphatic hydroxyl groups excluding tert-OH is 1. The zero-order valence-corrected chi connectivity index (χ0v) is 16.8. The Labute approximate surface area is 172 Å². The van der Waals surface area contributed by atoms with Crippen LogP contribution in [0, 0.1) is 0 Å². The van der Waals surface area contributed by atoms with Crippen LogP contribution in [-0.4, -0.2) is 41.2 Å². The molecule has 2 N–H and O–H groups in total. The van der Waals surface area contributed by atoms with Gasteiger partial charge in [0, 0.05) is 4.88 Å². The Morgan fingerprint density at radius 2 is 1.93 bits per heavy atom. The molecule has 2 aromatic carbocycles. The van der Waals surface area contributed by atoms with E-state index in [1.165, 1.54) is 0 Å². The van der Waals surface area contributed by atoms with Crippen LogP contribution in [0.4, 0.5) is 4.79 Å². The fourth-order valence-corrected chi connectivity index (χ4v) is 4.15. The second kappa shape index (κ2) is 7.94. The Kier molecular flexibility index (Phi) is 5.36. The molecule has 1 aliphatic heterocycles. The molecule has 0 radical (unpaired) electrons. The van der Waals surface area contributed by atoms with Crippen molar-refractivity contribution in [3.63, 3.8) is 0 Å². The summed E-state index contributed by atoms with van der Waals surface area (Å²) in [6.07, 6.45) is -0.955. The van der Waals surface area contributed by atoms with E-state index >= 15 is 0 Å². The van der Waals surface area contributed by atoms with Crippen molar-refractivity contribution >= 4 is 34.0 Å². The number of ether oxygens (including phenoxy) is 1. The molecule has 1 aliphatic rings. The van der Waals surface area contributed by atoms with E-state index in [-0.39, 0.29) is 19.1 Å². The highest BCUT2D eigenvalue weighted by Gasteiger charge is 2.49. The van der Waals surface area contributed by atoms with Gasteiger partial charge in [0.25, 0.3) is 5.91 Å². The minimum absolute atomic E-state index is 0.0433. The molecule has 2 heterocycles. The summed E-state index contributed by atoms with van der Waals surface area (Å²) < 4.78 is 5.50. The number of benzene rings is 2. The third-order valence-electron chi connectivity index (χ3n) is 5.13. The Balaban J connectivity index is 1.44. The third kappa shape index (κ3) is 3.89. The molecule has 0 saturated carbocycles. The topological polar surface area (TPSA) is 78.9 Å². The molecule has 150 valence electrons. The summed E-state index contributed by atoms with van der Waals surface area (Å²) in [5, 5.41) is 17.1. The van der Waals surface area contributed by atoms with Gasteiger partial charge in [-0.3, -0.25) is 9.69 Å². The number of carbonyl (C=O) groups excluding carboxylic acids is 2. The van der Waals surface area contributed by atoms with Crippen LogP contribution in [-0.2, 0) is 21.7 Å². The maximum absolute atomic E-state index is 13.1. The molecular formula is C22H22N2O4S. The average Bonchev–Trinajstić information content (AvgIpc) is 3.31. The molecule has 6 nitrogen and oxygen atoms in total. The lowest BCUT2D eigenvalue weighted by Crippen LogP contribution is -2.42. The first-order chi connectivity index (χ1) is 14.0. The number of hydrogen-bond acceptors (Lipinski definition) is 5. The molecule has 0 spiro atoms. The van der Waals surface area contributed by atoms with E-state index in [1.54, 1.807) is 18.3 Å². The predicted octanol–water partition coefficient (Wildman–Crippen LogP) is 3.25. The Hall–Kier alpha value is -2.74. The molecule has 0 unspecified atom stereocenters. The van der Waals surface area contributed by atoms with Crippen molar-refractivity contribution in [1.29, 1.82) is 0 Å². The molecule has 1 aromatic heterocycles. The second-order valence-corrected chi connectivity index (χ2v) is 8.31. The van der Waals surface area contributed by atoms with E-state index in [4.69, 9.17) is 4.74 Å². The van der Waals surface area contributed by atoms with Crippen LogP contribution in [0.25, 0.3) is 10.8 Å². The number of hydrogen-bond donors (Lipinski definition) is 2. The number of nitrogens with one attached hydrogen (secondary N) is 1. The average molecular weight is 410 g/mol. The van der Waals surface area contributed by atoms with Gasteiger partial charge < -0.3 is 15.2 Å². The second-order valence-electron chi connectivity index (χ2n) is 7.28. The number of carbonyl (C=O) groups is 2. The Bertz CT molecular complexity index is 1040. The van der Waals surface area contributed by atoms with Gasteiger partial charge >= 0.3 is 6.03 Å². The third-order valence-corrected chi connectivity index (χ3v) is 5.98. The van der Waals surface area contributed by atoms with Crippen molar-refractivity contribution in [3.05, 3.63) is 70.4 Å². The van der Waals surface area contributed by atoms with Gasteiger partial charge in [0.05, 0.1) is 25.9 Å². The van der Waals surface area contributed by atoms with E-state index in [0.717, 1.165) is 20.5 Å². The molecule has 29 heavy (non-hydrogen) atoms. The summed E-state index contributed by atoms with van der Waals surface area (Å²) in [5.41, 5.74) is -0.459. The number of rotatable bonds is 7. The monoisotopic (exact) mass is 410 g/mol. The summed E-state index contributed by atoms with van der Waals surface area (Å²) in [6.45, 7) is 2.01. The number of nitrogens with zero attached hydrogens (tertiary/aromatic N) is 1. The number of thiophene rings is 1. The van der Waals surface area contributed by atoms with Crippen LogP contribution in [0.15, 0.2) is 60.0 Å². The smallest absolute Gasteiger partial charge is 0.325 e. The van der Waals surface area contributed by atoms with Crippen molar-refractivity contribution in [3.8, 4) is 0 Å². The van der Waals surface area contributed by atoms with Crippen molar-refractivity contribution in [1.82, 2.24) is 10.2 Å².